The Labute approximate surface area is 89.2 Å². The summed E-state index contributed by atoms with van der Waals surface area (Å²) in [6.07, 6.45) is -2.49. The first-order valence-electron chi connectivity index (χ1n) is 4.08. The molecular formula is C8H8ClF3N2O. The van der Waals surface area contributed by atoms with E-state index in [4.69, 9.17) is 16.3 Å². The molecule has 0 N–H and O–H groups in total. The molecule has 1 aromatic heterocycles. The monoisotopic (exact) mass is 240 g/mol. The van der Waals surface area contributed by atoms with Crippen molar-refractivity contribution in [1.29, 1.82) is 0 Å². The highest BCUT2D eigenvalue weighted by atomic mass is 35.5. The average Bonchev–Trinajstić information content (AvgIpc) is 2.14. The van der Waals surface area contributed by atoms with Gasteiger partial charge in [0.2, 0.25) is 0 Å². The van der Waals surface area contributed by atoms with Crippen LogP contribution in [0.4, 0.5) is 13.2 Å². The summed E-state index contributed by atoms with van der Waals surface area (Å²) in [6.45, 7) is -0.381. The van der Waals surface area contributed by atoms with E-state index in [2.05, 4.69) is 9.97 Å². The standard InChI is InChI=1S/C8H8ClF3N2O/c9-7-4-13-6(3-14-7)5-15-2-1-8(10,11)12/h3-4H,1-2,5H2. The maximum absolute atomic E-state index is 11.7. The van der Waals surface area contributed by atoms with Crippen molar-refractivity contribution in [3.8, 4) is 0 Å². The molecule has 0 saturated carbocycles. The predicted molar refractivity (Wildman–Crippen MR) is 47.4 cm³/mol. The van der Waals surface area contributed by atoms with E-state index in [9.17, 15) is 13.2 Å². The van der Waals surface area contributed by atoms with Gasteiger partial charge in [-0.25, -0.2) is 4.98 Å². The minimum Gasteiger partial charge on any atom is -0.375 e. The fourth-order valence-corrected chi connectivity index (χ4v) is 0.876. The zero-order valence-corrected chi connectivity index (χ0v) is 8.35. The molecule has 84 valence electrons. The van der Waals surface area contributed by atoms with Gasteiger partial charge >= 0.3 is 6.18 Å². The molecule has 0 fully saturated rings. The maximum Gasteiger partial charge on any atom is 0.391 e. The summed E-state index contributed by atoms with van der Waals surface area (Å²) < 4.78 is 39.9. The van der Waals surface area contributed by atoms with Gasteiger partial charge in [0.15, 0.2) is 0 Å². The van der Waals surface area contributed by atoms with Crippen molar-refractivity contribution in [3.63, 3.8) is 0 Å². The van der Waals surface area contributed by atoms with Crippen molar-refractivity contribution in [2.45, 2.75) is 19.2 Å². The van der Waals surface area contributed by atoms with Crippen molar-refractivity contribution in [2.75, 3.05) is 6.61 Å². The van der Waals surface area contributed by atoms with E-state index < -0.39 is 12.6 Å². The Morgan fingerprint density at radius 2 is 2.00 bits per heavy atom. The van der Waals surface area contributed by atoms with Gasteiger partial charge in [0.1, 0.15) is 5.15 Å². The molecule has 7 heteroatoms. The zero-order valence-electron chi connectivity index (χ0n) is 7.59. The molecule has 1 rings (SSSR count). The van der Waals surface area contributed by atoms with Crippen molar-refractivity contribution < 1.29 is 17.9 Å². The summed E-state index contributed by atoms with van der Waals surface area (Å²) in [6, 6.07) is 0. The molecule has 0 atom stereocenters. The van der Waals surface area contributed by atoms with Crippen molar-refractivity contribution in [3.05, 3.63) is 23.2 Å². The van der Waals surface area contributed by atoms with Crippen molar-refractivity contribution in [1.82, 2.24) is 9.97 Å². The van der Waals surface area contributed by atoms with Crippen LogP contribution < -0.4 is 0 Å². The highest BCUT2D eigenvalue weighted by Gasteiger charge is 2.26. The lowest BCUT2D eigenvalue weighted by Crippen LogP contribution is -2.11. The van der Waals surface area contributed by atoms with Crippen LogP contribution in [0.1, 0.15) is 12.1 Å². The molecule has 0 bridgehead atoms. The van der Waals surface area contributed by atoms with Crippen molar-refractivity contribution in [2.24, 2.45) is 0 Å². The summed E-state index contributed by atoms with van der Waals surface area (Å²) >= 11 is 5.47. The number of hydrogen-bond acceptors (Lipinski definition) is 3. The maximum atomic E-state index is 11.7. The number of halogens is 4. The molecule has 0 aliphatic carbocycles. The number of rotatable bonds is 4. The van der Waals surface area contributed by atoms with Gasteiger partial charge in [-0.2, -0.15) is 13.2 Å². The number of aromatic nitrogens is 2. The molecule has 0 unspecified atom stereocenters. The normalized spacial score (nSPS) is 11.7. The van der Waals surface area contributed by atoms with Crippen LogP contribution in [0.25, 0.3) is 0 Å². The van der Waals surface area contributed by atoms with E-state index in [1.807, 2.05) is 0 Å². The van der Waals surface area contributed by atoms with E-state index in [-0.39, 0.29) is 18.4 Å². The Morgan fingerprint density at radius 1 is 1.27 bits per heavy atom. The van der Waals surface area contributed by atoms with Crippen LogP contribution in [-0.4, -0.2) is 22.8 Å². The van der Waals surface area contributed by atoms with Gasteiger partial charge < -0.3 is 4.74 Å². The van der Waals surface area contributed by atoms with E-state index in [1.54, 1.807) is 0 Å². The summed E-state index contributed by atoms with van der Waals surface area (Å²) in [5, 5.41) is 0.231. The molecule has 0 radical (unpaired) electrons. The summed E-state index contributed by atoms with van der Waals surface area (Å²) in [4.78, 5) is 7.52. The number of nitrogens with zero attached hydrogens (tertiary/aromatic N) is 2. The van der Waals surface area contributed by atoms with Crippen LogP contribution in [0.2, 0.25) is 5.15 Å². The molecule has 0 spiro atoms. The van der Waals surface area contributed by atoms with E-state index in [1.165, 1.54) is 12.4 Å². The minimum atomic E-state index is -4.19. The molecule has 0 saturated heterocycles. The van der Waals surface area contributed by atoms with Gasteiger partial charge in [0.25, 0.3) is 0 Å². The summed E-state index contributed by atoms with van der Waals surface area (Å²) in [7, 11) is 0. The van der Waals surface area contributed by atoms with E-state index >= 15 is 0 Å². The Bertz CT molecular complexity index is 302. The minimum absolute atomic E-state index is 0.000247. The van der Waals surface area contributed by atoms with Crippen LogP contribution >= 0.6 is 11.6 Å². The molecule has 3 nitrogen and oxygen atoms in total. The molecule has 0 aromatic carbocycles. The van der Waals surface area contributed by atoms with Crippen molar-refractivity contribution >= 4 is 11.6 Å². The predicted octanol–water partition coefficient (Wildman–Crippen LogP) is 2.60. The van der Waals surface area contributed by atoms with E-state index in [0.717, 1.165) is 0 Å². The van der Waals surface area contributed by atoms with Gasteiger partial charge in [-0.05, 0) is 0 Å². The third kappa shape index (κ3) is 5.54. The molecule has 0 aliphatic heterocycles. The lowest BCUT2D eigenvalue weighted by atomic mass is 10.4. The van der Waals surface area contributed by atoms with Crippen LogP contribution in [-0.2, 0) is 11.3 Å². The molecular weight excluding hydrogens is 233 g/mol. The first-order chi connectivity index (χ1) is 6.97. The second-order valence-electron chi connectivity index (χ2n) is 2.75. The van der Waals surface area contributed by atoms with Crippen LogP contribution in [0.5, 0.6) is 0 Å². The fourth-order valence-electron chi connectivity index (χ4n) is 0.778. The SMILES string of the molecule is FC(F)(F)CCOCc1cnc(Cl)cn1. The first kappa shape index (κ1) is 12.2. The van der Waals surface area contributed by atoms with Gasteiger partial charge in [-0.15, -0.1) is 0 Å². The highest BCUT2D eigenvalue weighted by molar-refractivity contribution is 6.29. The smallest absolute Gasteiger partial charge is 0.375 e. The lowest BCUT2D eigenvalue weighted by molar-refractivity contribution is -0.146. The Hall–Kier alpha value is -0.880. The Morgan fingerprint density at radius 3 is 2.53 bits per heavy atom. The molecule has 0 amide bonds. The average molecular weight is 241 g/mol. The Balaban J connectivity index is 2.23. The molecule has 1 heterocycles. The lowest BCUT2D eigenvalue weighted by Gasteiger charge is -2.06. The van der Waals surface area contributed by atoms with Gasteiger partial charge in [0.05, 0.1) is 37.7 Å². The van der Waals surface area contributed by atoms with Gasteiger partial charge in [-0.3, -0.25) is 4.98 Å². The first-order valence-corrected chi connectivity index (χ1v) is 4.46. The second kappa shape index (κ2) is 5.27. The topological polar surface area (TPSA) is 35.0 Å². The molecule has 1 aromatic rings. The zero-order chi connectivity index (χ0) is 11.3. The molecule has 0 aliphatic rings. The van der Waals surface area contributed by atoms with Gasteiger partial charge in [-0.1, -0.05) is 11.6 Å². The third-order valence-electron chi connectivity index (χ3n) is 1.45. The summed E-state index contributed by atoms with van der Waals surface area (Å²) in [5.41, 5.74) is 0.446. The van der Waals surface area contributed by atoms with Crippen LogP contribution in [0.3, 0.4) is 0 Å². The van der Waals surface area contributed by atoms with Crippen LogP contribution in [0, 0.1) is 0 Å². The quantitative estimate of drug-likeness (QED) is 0.759. The number of hydrogen-bond donors (Lipinski definition) is 0. The second-order valence-corrected chi connectivity index (χ2v) is 3.14. The highest BCUT2D eigenvalue weighted by Crippen LogP contribution is 2.19. The van der Waals surface area contributed by atoms with Crippen LogP contribution in [0.15, 0.2) is 12.4 Å². The number of ether oxygens (including phenoxy) is 1. The Kier molecular flexibility index (Phi) is 4.28. The summed E-state index contributed by atoms with van der Waals surface area (Å²) in [5.74, 6) is 0. The van der Waals surface area contributed by atoms with Gasteiger partial charge in [0, 0.05) is 0 Å². The third-order valence-corrected chi connectivity index (χ3v) is 1.65. The largest absolute Gasteiger partial charge is 0.391 e. The fraction of sp³-hybridized carbons (Fsp3) is 0.500. The van der Waals surface area contributed by atoms with E-state index in [0.29, 0.717) is 5.69 Å². The number of alkyl halides is 3. The molecule has 15 heavy (non-hydrogen) atoms.